The molecule has 5 heteroatoms. The first kappa shape index (κ1) is 18.7. The van der Waals surface area contributed by atoms with Crippen LogP contribution in [-0.2, 0) is 6.54 Å². The van der Waals surface area contributed by atoms with Gasteiger partial charge in [0.15, 0.2) is 5.96 Å². The summed E-state index contributed by atoms with van der Waals surface area (Å²) in [4.78, 5) is 6.85. The van der Waals surface area contributed by atoms with Crippen molar-refractivity contribution in [3.05, 3.63) is 29.8 Å². The van der Waals surface area contributed by atoms with Gasteiger partial charge in [0.25, 0.3) is 0 Å². The number of hydrogen-bond donors (Lipinski definition) is 1. The predicted molar refractivity (Wildman–Crippen MR) is 98.1 cm³/mol. The highest BCUT2D eigenvalue weighted by Crippen LogP contribution is 2.13. The number of thioether (sulfide) groups is 1. The van der Waals surface area contributed by atoms with Crippen LogP contribution in [0.3, 0.4) is 0 Å². The Kier molecular flexibility index (Phi) is 9.55. The number of nitrogens with one attached hydrogen (secondary N) is 1. The van der Waals surface area contributed by atoms with E-state index in [1.165, 1.54) is 5.56 Å². The lowest BCUT2D eigenvalue weighted by molar-refractivity contribution is 0.340. The first-order valence-corrected chi connectivity index (χ1v) is 9.30. The molecule has 0 spiro atoms. The molecule has 0 saturated heterocycles. The monoisotopic (exact) mass is 323 g/mol. The van der Waals surface area contributed by atoms with Gasteiger partial charge in [-0.05, 0) is 50.0 Å². The van der Waals surface area contributed by atoms with Crippen LogP contribution in [0.15, 0.2) is 29.3 Å². The Bertz CT molecular complexity index is 434. The Morgan fingerprint density at radius 1 is 1.27 bits per heavy atom. The first-order chi connectivity index (χ1) is 10.7. The van der Waals surface area contributed by atoms with Crippen LogP contribution in [0.25, 0.3) is 0 Å². The summed E-state index contributed by atoms with van der Waals surface area (Å²) in [5.41, 5.74) is 1.25. The molecule has 124 valence electrons. The Morgan fingerprint density at radius 2 is 2.00 bits per heavy atom. The smallest absolute Gasteiger partial charge is 0.193 e. The Morgan fingerprint density at radius 3 is 2.59 bits per heavy atom. The summed E-state index contributed by atoms with van der Waals surface area (Å²) in [5, 5.41) is 3.36. The van der Waals surface area contributed by atoms with Gasteiger partial charge in [-0.1, -0.05) is 12.1 Å². The number of hydrogen-bond acceptors (Lipinski definition) is 3. The molecular weight excluding hydrogens is 294 g/mol. The van der Waals surface area contributed by atoms with Crippen molar-refractivity contribution >= 4 is 17.7 Å². The third-order valence-electron chi connectivity index (χ3n) is 3.12. The van der Waals surface area contributed by atoms with Gasteiger partial charge in [0.2, 0.25) is 0 Å². The SMILES string of the molecule is CCNC(=NCCCSC)N(C)Cc1ccc(OCC)cc1. The largest absolute Gasteiger partial charge is 0.494 e. The summed E-state index contributed by atoms with van der Waals surface area (Å²) in [6, 6.07) is 8.27. The molecule has 4 nitrogen and oxygen atoms in total. The normalized spacial score (nSPS) is 11.4. The van der Waals surface area contributed by atoms with Crippen molar-refractivity contribution < 1.29 is 4.74 Å². The Balaban J connectivity index is 2.59. The minimum atomic E-state index is 0.701. The maximum Gasteiger partial charge on any atom is 0.193 e. The van der Waals surface area contributed by atoms with Gasteiger partial charge >= 0.3 is 0 Å². The van der Waals surface area contributed by atoms with Gasteiger partial charge in [-0.3, -0.25) is 4.99 Å². The molecule has 0 bridgehead atoms. The van der Waals surface area contributed by atoms with Crippen molar-refractivity contribution in [1.82, 2.24) is 10.2 Å². The summed E-state index contributed by atoms with van der Waals surface area (Å²) >= 11 is 1.87. The molecule has 1 aromatic carbocycles. The highest BCUT2D eigenvalue weighted by Gasteiger charge is 2.06. The molecule has 0 amide bonds. The highest BCUT2D eigenvalue weighted by atomic mass is 32.2. The van der Waals surface area contributed by atoms with Gasteiger partial charge in [-0.15, -0.1) is 0 Å². The molecule has 0 unspecified atom stereocenters. The van der Waals surface area contributed by atoms with E-state index in [9.17, 15) is 0 Å². The highest BCUT2D eigenvalue weighted by molar-refractivity contribution is 7.98. The Labute approximate surface area is 139 Å². The number of nitrogens with zero attached hydrogens (tertiary/aromatic N) is 2. The van der Waals surface area contributed by atoms with Crippen molar-refractivity contribution in [2.45, 2.75) is 26.8 Å². The number of benzene rings is 1. The zero-order chi connectivity index (χ0) is 16.2. The van der Waals surface area contributed by atoms with E-state index in [2.05, 4.69) is 47.6 Å². The molecule has 0 aromatic heterocycles. The number of rotatable bonds is 9. The first-order valence-electron chi connectivity index (χ1n) is 7.91. The molecular formula is C17H29N3OS. The minimum Gasteiger partial charge on any atom is -0.494 e. The maximum atomic E-state index is 5.48. The summed E-state index contributed by atoms with van der Waals surface area (Å²) < 4.78 is 5.48. The predicted octanol–water partition coefficient (Wildman–Crippen LogP) is 3.24. The molecule has 0 heterocycles. The maximum absolute atomic E-state index is 5.48. The lowest BCUT2D eigenvalue weighted by Gasteiger charge is -2.22. The van der Waals surface area contributed by atoms with Gasteiger partial charge in [0.1, 0.15) is 5.75 Å². The van der Waals surface area contributed by atoms with E-state index in [0.717, 1.165) is 43.5 Å². The average Bonchev–Trinajstić information content (AvgIpc) is 2.52. The zero-order valence-corrected chi connectivity index (χ0v) is 15.1. The van der Waals surface area contributed by atoms with Crippen LogP contribution >= 0.6 is 11.8 Å². The van der Waals surface area contributed by atoms with Crippen molar-refractivity contribution in [2.24, 2.45) is 4.99 Å². The van der Waals surface area contributed by atoms with Crippen LogP contribution in [-0.4, -0.2) is 49.6 Å². The lowest BCUT2D eigenvalue weighted by atomic mass is 10.2. The van der Waals surface area contributed by atoms with E-state index < -0.39 is 0 Å². The second kappa shape index (κ2) is 11.2. The van der Waals surface area contributed by atoms with E-state index in [1.807, 2.05) is 30.8 Å². The second-order valence-corrected chi connectivity index (χ2v) is 6.00. The Hall–Kier alpha value is -1.36. The fraction of sp³-hybridized carbons (Fsp3) is 0.588. The van der Waals surface area contributed by atoms with Crippen LogP contribution in [0.5, 0.6) is 5.75 Å². The van der Waals surface area contributed by atoms with Crippen molar-refractivity contribution in [2.75, 3.05) is 38.8 Å². The molecule has 0 atom stereocenters. The molecule has 0 aliphatic heterocycles. The van der Waals surface area contributed by atoms with E-state index in [4.69, 9.17) is 4.74 Å². The fourth-order valence-corrected chi connectivity index (χ4v) is 2.49. The third-order valence-corrected chi connectivity index (χ3v) is 3.82. The summed E-state index contributed by atoms with van der Waals surface area (Å²) in [6.07, 6.45) is 3.25. The number of ether oxygens (including phenoxy) is 1. The molecule has 0 aliphatic carbocycles. The molecule has 0 aliphatic rings. The van der Waals surface area contributed by atoms with Gasteiger partial charge in [0, 0.05) is 26.7 Å². The zero-order valence-electron chi connectivity index (χ0n) is 14.3. The van der Waals surface area contributed by atoms with Crippen molar-refractivity contribution in [3.8, 4) is 5.75 Å². The van der Waals surface area contributed by atoms with E-state index in [-0.39, 0.29) is 0 Å². The molecule has 1 N–H and O–H groups in total. The standard InChI is InChI=1S/C17H29N3OS/c1-5-18-17(19-12-7-13-22-4)20(3)14-15-8-10-16(11-9-15)21-6-2/h8-11H,5-7,12-14H2,1-4H3,(H,18,19). The topological polar surface area (TPSA) is 36.9 Å². The molecule has 0 saturated carbocycles. The third kappa shape index (κ3) is 7.07. The van der Waals surface area contributed by atoms with Crippen LogP contribution in [0.2, 0.25) is 0 Å². The van der Waals surface area contributed by atoms with Crippen LogP contribution in [0.1, 0.15) is 25.8 Å². The van der Waals surface area contributed by atoms with Crippen molar-refractivity contribution in [3.63, 3.8) is 0 Å². The van der Waals surface area contributed by atoms with Crippen LogP contribution in [0.4, 0.5) is 0 Å². The molecule has 0 radical (unpaired) electrons. The van der Waals surface area contributed by atoms with Crippen molar-refractivity contribution in [1.29, 1.82) is 0 Å². The van der Waals surface area contributed by atoms with Gasteiger partial charge in [0.05, 0.1) is 6.61 Å². The van der Waals surface area contributed by atoms with Gasteiger partial charge < -0.3 is 15.0 Å². The molecule has 1 rings (SSSR count). The van der Waals surface area contributed by atoms with Crippen LogP contribution < -0.4 is 10.1 Å². The van der Waals surface area contributed by atoms with Gasteiger partial charge in [-0.25, -0.2) is 0 Å². The van der Waals surface area contributed by atoms with E-state index in [0.29, 0.717) is 6.61 Å². The lowest BCUT2D eigenvalue weighted by Crippen LogP contribution is -2.38. The van der Waals surface area contributed by atoms with E-state index >= 15 is 0 Å². The summed E-state index contributed by atoms with van der Waals surface area (Å²) in [5.74, 6) is 3.05. The fourth-order valence-electron chi connectivity index (χ4n) is 2.07. The van der Waals surface area contributed by atoms with Crippen LogP contribution in [0, 0.1) is 0 Å². The van der Waals surface area contributed by atoms with Gasteiger partial charge in [-0.2, -0.15) is 11.8 Å². The molecule has 1 aromatic rings. The second-order valence-electron chi connectivity index (χ2n) is 5.02. The minimum absolute atomic E-state index is 0.701. The molecule has 0 fully saturated rings. The number of guanidine groups is 1. The molecule has 22 heavy (non-hydrogen) atoms. The summed E-state index contributed by atoms with van der Waals surface area (Å²) in [7, 11) is 2.08. The average molecular weight is 324 g/mol. The summed E-state index contributed by atoms with van der Waals surface area (Å²) in [6.45, 7) is 7.39. The number of aliphatic imine (C=N–C) groups is 1. The quantitative estimate of drug-likeness (QED) is 0.430. The van der Waals surface area contributed by atoms with E-state index in [1.54, 1.807) is 0 Å².